The number of likely N-dealkylation sites (N-methyl/N-ethyl adjacent to an activating group) is 1. The first kappa shape index (κ1) is 17.1. The van der Waals surface area contributed by atoms with Gasteiger partial charge in [0.05, 0.1) is 0 Å². The Hall–Kier alpha value is -1.35. The normalized spacial score (nSPS) is 8.44. The van der Waals surface area contributed by atoms with E-state index in [0.29, 0.717) is 25.1 Å². The molecule has 0 aromatic rings. The molecule has 92 valence electrons. The first-order chi connectivity index (χ1) is 7.54. The Morgan fingerprint density at radius 2 is 1.94 bits per heavy atom. The third-order valence-corrected chi connectivity index (χ3v) is 1.72. The van der Waals surface area contributed by atoms with Crippen LogP contribution >= 0.6 is 0 Å². The van der Waals surface area contributed by atoms with Gasteiger partial charge in [0, 0.05) is 25.3 Å². The summed E-state index contributed by atoms with van der Waals surface area (Å²) in [6.07, 6.45) is 4.10. The molecule has 0 aliphatic rings. The highest BCUT2D eigenvalue weighted by molar-refractivity contribution is 5.92. The maximum Gasteiger partial charge on any atom is 0.249 e. The summed E-state index contributed by atoms with van der Waals surface area (Å²) < 4.78 is 0. The number of amides is 1. The number of nitrogens with zero attached hydrogens (tertiary/aromatic N) is 1. The average molecular weight is 225 g/mol. The molecule has 0 saturated heterocycles. The van der Waals surface area contributed by atoms with Crippen LogP contribution in [0.5, 0.6) is 0 Å². The minimum absolute atomic E-state index is 0.00685. The largest absolute Gasteiger partial charge is 0.396 e. The molecule has 0 aliphatic heterocycles. The molecule has 0 saturated carbocycles. The number of hydrogen-bond donors (Lipinski definition) is 1. The van der Waals surface area contributed by atoms with Gasteiger partial charge in [-0.2, -0.15) is 0 Å². The molecule has 0 aromatic carbocycles. The van der Waals surface area contributed by atoms with E-state index in [4.69, 9.17) is 5.11 Å². The van der Waals surface area contributed by atoms with Gasteiger partial charge < -0.3 is 10.0 Å². The van der Waals surface area contributed by atoms with Crippen LogP contribution in [0.2, 0.25) is 0 Å². The molecular formula is C13H23NO2. The van der Waals surface area contributed by atoms with Gasteiger partial charge in [0.25, 0.3) is 0 Å². The lowest BCUT2D eigenvalue weighted by Gasteiger charge is -2.18. The van der Waals surface area contributed by atoms with E-state index in [1.165, 1.54) is 0 Å². The molecule has 16 heavy (non-hydrogen) atoms. The van der Waals surface area contributed by atoms with Crippen LogP contribution in [0.25, 0.3) is 0 Å². The van der Waals surface area contributed by atoms with E-state index < -0.39 is 0 Å². The summed E-state index contributed by atoms with van der Waals surface area (Å²) in [5, 5.41) is 8.00. The van der Waals surface area contributed by atoms with E-state index in [1.54, 1.807) is 24.0 Å². The number of carbonyl (C=O) groups excluding carboxylic acids is 1. The second-order valence-electron chi connectivity index (χ2n) is 3.21. The maximum atomic E-state index is 11.2. The average Bonchev–Trinajstić information content (AvgIpc) is 2.26. The van der Waals surface area contributed by atoms with Crippen molar-refractivity contribution in [1.29, 1.82) is 0 Å². The summed E-state index contributed by atoms with van der Waals surface area (Å²) in [6.45, 7) is 15.7. The molecule has 1 amide bonds. The fourth-order valence-corrected chi connectivity index (χ4v) is 0.873. The fraction of sp³-hybridized carbons (Fsp3) is 0.462. The molecule has 0 atom stereocenters. The van der Waals surface area contributed by atoms with Crippen LogP contribution < -0.4 is 0 Å². The number of carbonyl (C=O) groups is 1. The molecule has 1 N–H and O–H groups in total. The van der Waals surface area contributed by atoms with E-state index in [0.717, 1.165) is 0 Å². The number of aliphatic hydroxyl groups is 1. The summed E-state index contributed by atoms with van der Waals surface area (Å²) >= 11 is 0. The standard InChI is InChI=1S/C9H15NO.C4H8O/c1-5-7-10(6-2)9(11)8(3)4;1-2-3-4-5/h5H,1,3,6-7H2,2,4H3;2,5H,1,3-4H2. The second kappa shape index (κ2) is 11.7. The number of hydrogen-bond acceptors (Lipinski definition) is 2. The summed E-state index contributed by atoms with van der Waals surface area (Å²) in [5.41, 5.74) is 0.578. The topological polar surface area (TPSA) is 40.5 Å². The highest BCUT2D eigenvalue weighted by Gasteiger charge is 2.08. The number of rotatable bonds is 6. The predicted molar refractivity (Wildman–Crippen MR) is 69.2 cm³/mol. The van der Waals surface area contributed by atoms with E-state index in [2.05, 4.69) is 19.7 Å². The van der Waals surface area contributed by atoms with Crippen molar-refractivity contribution in [1.82, 2.24) is 4.90 Å². The Labute approximate surface area is 98.8 Å². The predicted octanol–water partition coefficient (Wildman–Crippen LogP) is 2.15. The van der Waals surface area contributed by atoms with Gasteiger partial charge in [0.15, 0.2) is 0 Å². The molecule has 0 rings (SSSR count). The van der Waals surface area contributed by atoms with Crippen molar-refractivity contribution < 1.29 is 9.90 Å². The quantitative estimate of drug-likeness (QED) is 0.556. The minimum Gasteiger partial charge on any atom is -0.396 e. The van der Waals surface area contributed by atoms with Gasteiger partial charge in [-0.05, 0) is 20.3 Å². The molecule has 3 heteroatoms. The van der Waals surface area contributed by atoms with E-state index in [1.807, 2.05) is 6.92 Å². The zero-order valence-corrected chi connectivity index (χ0v) is 10.4. The molecule has 0 unspecified atom stereocenters. The summed E-state index contributed by atoms with van der Waals surface area (Å²) in [6, 6.07) is 0. The lowest BCUT2D eigenvalue weighted by molar-refractivity contribution is -0.126. The highest BCUT2D eigenvalue weighted by Crippen LogP contribution is 1.97. The van der Waals surface area contributed by atoms with Crippen molar-refractivity contribution >= 4 is 5.91 Å². The van der Waals surface area contributed by atoms with Crippen LogP contribution in [0.3, 0.4) is 0 Å². The van der Waals surface area contributed by atoms with Crippen molar-refractivity contribution in [2.45, 2.75) is 20.3 Å². The third-order valence-electron chi connectivity index (χ3n) is 1.72. The van der Waals surface area contributed by atoms with Crippen LogP contribution in [0.4, 0.5) is 0 Å². The van der Waals surface area contributed by atoms with Crippen molar-refractivity contribution in [3.63, 3.8) is 0 Å². The molecule has 0 heterocycles. The Bertz CT molecular complexity index is 234. The molecule has 0 bridgehead atoms. The smallest absolute Gasteiger partial charge is 0.249 e. The zero-order chi connectivity index (χ0) is 13.0. The molecule has 0 fully saturated rings. The lowest BCUT2D eigenvalue weighted by Crippen LogP contribution is -2.31. The summed E-state index contributed by atoms with van der Waals surface area (Å²) in [7, 11) is 0. The zero-order valence-electron chi connectivity index (χ0n) is 10.4. The van der Waals surface area contributed by atoms with Crippen LogP contribution in [-0.4, -0.2) is 35.6 Å². The Balaban J connectivity index is 0. The highest BCUT2D eigenvalue weighted by atomic mass is 16.2. The van der Waals surface area contributed by atoms with Crippen molar-refractivity contribution in [2.75, 3.05) is 19.7 Å². The summed E-state index contributed by atoms with van der Waals surface area (Å²) in [4.78, 5) is 12.9. The third kappa shape index (κ3) is 9.21. The molecular weight excluding hydrogens is 202 g/mol. The van der Waals surface area contributed by atoms with Gasteiger partial charge >= 0.3 is 0 Å². The van der Waals surface area contributed by atoms with Gasteiger partial charge in [-0.15, -0.1) is 13.2 Å². The van der Waals surface area contributed by atoms with Gasteiger partial charge in [-0.3, -0.25) is 4.79 Å². The summed E-state index contributed by atoms with van der Waals surface area (Å²) in [5.74, 6) is 0.00685. The first-order valence-corrected chi connectivity index (χ1v) is 5.32. The minimum atomic E-state index is 0.00685. The van der Waals surface area contributed by atoms with Crippen LogP contribution in [0.1, 0.15) is 20.3 Å². The molecule has 0 radical (unpaired) electrons. The first-order valence-electron chi connectivity index (χ1n) is 5.32. The van der Waals surface area contributed by atoms with E-state index in [-0.39, 0.29) is 12.5 Å². The van der Waals surface area contributed by atoms with Gasteiger partial charge in [-0.1, -0.05) is 18.7 Å². The Kier molecular flexibility index (Phi) is 12.5. The maximum absolute atomic E-state index is 11.2. The van der Waals surface area contributed by atoms with Gasteiger partial charge in [-0.25, -0.2) is 0 Å². The number of aliphatic hydroxyl groups excluding tert-OH is 1. The second-order valence-corrected chi connectivity index (χ2v) is 3.21. The van der Waals surface area contributed by atoms with Crippen molar-refractivity contribution in [2.24, 2.45) is 0 Å². The fourth-order valence-electron chi connectivity index (χ4n) is 0.873. The van der Waals surface area contributed by atoms with E-state index >= 15 is 0 Å². The van der Waals surface area contributed by atoms with Gasteiger partial charge in [0.1, 0.15) is 0 Å². The van der Waals surface area contributed by atoms with Crippen LogP contribution in [-0.2, 0) is 4.79 Å². The lowest BCUT2D eigenvalue weighted by atomic mass is 10.3. The van der Waals surface area contributed by atoms with Crippen LogP contribution in [0.15, 0.2) is 37.5 Å². The van der Waals surface area contributed by atoms with Crippen molar-refractivity contribution in [3.05, 3.63) is 37.5 Å². The Morgan fingerprint density at radius 1 is 1.38 bits per heavy atom. The van der Waals surface area contributed by atoms with E-state index in [9.17, 15) is 4.79 Å². The Morgan fingerprint density at radius 3 is 2.12 bits per heavy atom. The monoisotopic (exact) mass is 225 g/mol. The molecule has 0 aromatic heterocycles. The van der Waals surface area contributed by atoms with Crippen LogP contribution in [0, 0.1) is 0 Å². The molecule has 3 nitrogen and oxygen atoms in total. The van der Waals surface area contributed by atoms with Crippen molar-refractivity contribution in [3.8, 4) is 0 Å². The molecule has 0 aliphatic carbocycles. The SMILES string of the molecule is C=CCCO.C=CCN(CC)C(=O)C(=C)C. The molecule has 0 spiro atoms. The van der Waals surface area contributed by atoms with Gasteiger partial charge in [0.2, 0.25) is 5.91 Å².